The molecule has 0 radical (unpaired) electrons. The molecule has 0 aliphatic rings. The zero-order valence-electron chi connectivity index (χ0n) is 13.6. The summed E-state index contributed by atoms with van der Waals surface area (Å²) in [7, 11) is 0. The van der Waals surface area contributed by atoms with Gasteiger partial charge in [-0.05, 0) is 19.1 Å². The second-order valence-electron chi connectivity index (χ2n) is 4.92. The SMILES string of the molecule is CCOC(=O)CCNN(C(=NO)c1ccccc1)c1ccccc1. The summed E-state index contributed by atoms with van der Waals surface area (Å²) < 4.78 is 4.92. The number of hydrogen-bond acceptors (Lipinski definition) is 5. The monoisotopic (exact) mass is 327 g/mol. The van der Waals surface area contributed by atoms with Gasteiger partial charge in [-0.15, -0.1) is 0 Å². The molecule has 0 fully saturated rings. The predicted octanol–water partition coefficient (Wildman–Crippen LogP) is 2.79. The number of nitrogens with zero attached hydrogens (tertiary/aromatic N) is 2. The molecule has 0 saturated carbocycles. The Kier molecular flexibility index (Phi) is 6.79. The van der Waals surface area contributed by atoms with Crippen LogP contribution >= 0.6 is 0 Å². The van der Waals surface area contributed by atoms with Crippen LogP contribution in [0.1, 0.15) is 18.9 Å². The lowest BCUT2D eigenvalue weighted by molar-refractivity contribution is -0.142. The molecule has 0 amide bonds. The summed E-state index contributed by atoms with van der Waals surface area (Å²) in [5.41, 5.74) is 4.65. The van der Waals surface area contributed by atoms with Gasteiger partial charge in [0.2, 0.25) is 0 Å². The average Bonchev–Trinajstić information content (AvgIpc) is 2.63. The first kappa shape index (κ1) is 17.5. The third kappa shape index (κ3) is 4.82. The second kappa shape index (κ2) is 9.32. The maximum Gasteiger partial charge on any atom is 0.307 e. The van der Waals surface area contributed by atoms with E-state index in [9.17, 15) is 10.0 Å². The van der Waals surface area contributed by atoms with E-state index in [1.165, 1.54) is 0 Å². The molecule has 0 spiro atoms. The van der Waals surface area contributed by atoms with E-state index in [1.807, 2.05) is 60.7 Å². The molecule has 0 unspecified atom stereocenters. The lowest BCUT2D eigenvalue weighted by Gasteiger charge is -2.26. The van der Waals surface area contributed by atoms with E-state index in [4.69, 9.17) is 4.74 Å². The van der Waals surface area contributed by atoms with Gasteiger partial charge in [-0.1, -0.05) is 53.7 Å². The van der Waals surface area contributed by atoms with Crippen LogP contribution in [0.4, 0.5) is 5.69 Å². The Morgan fingerprint density at radius 2 is 1.75 bits per heavy atom. The van der Waals surface area contributed by atoms with E-state index < -0.39 is 0 Å². The van der Waals surface area contributed by atoms with Crippen LogP contribution in [0.5, 0.6) is 0 Å². The Morgan fingerprint density at radius 1 is 1.12 bits per heavy atom. The third-order valence-electron chi connectivity index (χ3n) is 3.26. The molecule has 0 aliphatic carbocycles. The normalized spacial score (nSPS) is 11.1. The maximum atomic E-state index is 11.5. The Bertz CT molecular complexity index is 660. The molecular weight excluding hydrogens is 306 g/mol. The number of benzene rings is 2. The lowest BCUT2D eigenvalue weighted by Crippen LogP contribution is -2.44. The van der Waals surface area contributed by atoms with Crippen molar-refractivity contribution in [3.63, 3.8) is 0 Å². The number of amidine groups is 1. The van der Waals surface area contributed by atoms with Crippen molar-refractivity contribution in [2.45, 2.75) is 13.3 Å². The maximum absolute atomic E-state index is 11.5. The number of para-hydroxylation sites is 1. The molecule has 2 rings (SSSR count). The van der Waals surface area contributed by atoms with Crippen LogP contribution in [-0.2, 0) is 9.53 Å². The molecular formula is C18H21N3O3. The van der Waals surface area contributed by atoms with E-state index in [0.717, 1.165) is 11.3 Å². The standard InChI is InChI=1S/C18H21N3O3/c1-2-24-17(22)13-14-19-21(16-11-7-4-8-12-16)18(20-23)15-9-5-3-6-10-15/h3-12,19,23H,2,13-14H2,1H3. The van der Waals surface area contributed by atoms with Crippen molar-refractivity contribution in [1.82, 2.24) is 5.43 Å². The summed E-state index contributed by atoms with van der Waals surface area (Å²) in [6.07, 6.45) is 0.213. The molecule has 24 heavy (non-hydrogen) atoms. The summed E-state index contributed by atoms with van der Waals surface area (Å²) in [4.78, 5) is 11.5. The van der Waals surface area contributed by atoms with Gasteiger partial charge >= 0.3 is 5.97 Å². The first-order chi connectivity index (χ1) is 11.8. The van der Waals surface area contributed by atoms with Crippen LogP contribution in [0, 0.1) is 0 Å². The van der Waals surface area contributed by atoms with Gasteiger partial charge in [-0.3, -0.25) is 9.80 Å². The van der Waals surface area contributed by atoms with E-state index in [0.29, 0.717) is 19.0 Å². The van der Waals surface area contributed by atoms with E-state index >= 15 is 0 Å². The van der Waals surface area contributed by atoms with Crippen molar-refractivity contribution in [3.05, 3.63) is 66.2 Å². The smallest absolute Gasteiger partial charge is 0.307 e. The van der Waals surface area contributed by atoms with Gasteiger partial charge in [0.15, 0.2) is 5.84 Å². The van der Waals surface area contributed by atoms with Gasteiger partial charge in [0.05, 0.1) is 18.7 Å². The van der Waals surface area contributed by atoms with Crippen LogP contribution in [-0.4, -0.2) is 30.2 Å². The third-order valence-corrected chi connectivity index (χ3v) is 3.26. The van der Waals surface area contributed by atoms with Crippen molar-refractivity contribution in [2.24, 2.45) is 5.16 Å². The number of carbonyl (C=O) groups excluding carboxylic acids is 1. The number of rotatable bonds is 7. The fraction of sp³-hybridized carbons (Fsp3) is 0.222. The van der Waals surface area contributed by atoms with Gasteiger partial charge in [0.25, 0.3) is 0 Å². The number of anilines is 1. The van der Waals surface area contributed by atoms with Crippen LogP contribution < -0.4 is 10.4 Å². The highest BCUT2D eigenvalue weighted by molar-refractivity contribution is 6.09. The molecule has 6 heteroatoms. The van der Waals surface area contributed by atoms with Crippen LogP contribution in [0.15, 0.2) is 65.8 Å². The number of oxime groups is 1. The Morgan fingerprint density at radius 3 is 2.33 bits per heavy atom. The summed E-state index contributed by atoms with van der Waals surface area (Å²) in [5, 5.41) is 14.6. The highest BCUT2D eigenvalue weighted by Gasteiger charge is 2.16. The predicted molar refractivity (Wildman–Crippen MR) is 92.9 cm³/mol. The molecule has 2 aromatic rings. The lowest BCUT2D eigenvalue weighted by atomic mass is 10.2. The Labute approximate surface area is 141 Å². The Balaban J connectivity index is 2.18. The zero-order chi connectivity index (χ0) is 17.2. The minimum Gasteiger partial charge on any atom is -0.466 e. The number of ether oxygens (including phenoxy) is 1. The van der Waals surface area contributed by atoms with Gasteiger partial charge in [0, 0.05) is 12.1 Å². The summed E-state index contributed by atoms with van der Waals surface area (Å²) in [5.74, 6) is 0.0610. The molecule has 0 aliphatic heterocycles. The molecule has 0 bridgehead atoms. The molecule has 2 N–H and O–H groups in total. The fourth-order valence-corrected chi connectivity index (χ4v) is 2.19. The first-order valence-electron chi connectivity index (χ1n) is 7.78. The first-order valence-corrected chi connectivity index (χ1v) is 7.78. The van der Waals surface area contributed by atoms with Gasteiger partial charge in [-0.2, -0.15) is 0 Å². The molecule has 0 saturated heterocycles. The number of esters is 1. The van der Waals surface area contributed by atoms with Crippen molar-refractivity contribution >= 4 is 17.5 Å². The van der Waals surface area contributed by atoms with E-state index in [2.05, 4.69) is 10.6 Å². The topological polar surface area (TPSA) is 74.2 Å². The van der Waals surface area contributed by atoms with Gasteiger partial charge in [0.1, 0.15) is 0 Å². The highest BCUT2D eigenvalue weighted by Crippen LogP contribution is 2.15. The fourth-order valence-electron chi connectivity index (χ4n) is 2.19. The summed E-state index contributed by atoms with van der Waals surface area (Å²) in [6, 6.07) is 18.7. The number of nitrogens with one attached hydrogen (secondary N) is 1. The van der Waals surface area contributed by atoms with Crippen molar-refractivity contribution in [1.29, 1.82) is 0 Å². The zero-order valence-corrected chi connectivity index (χ0v) is 13.6. The van der Waals surface area contributed by atoms with Gasteiger partial charge < -0.3 is 9.94 Å². The van der Waals surface area contributed by atoms with Crippen LogP contribution in [0.25, 0.3) is 0 Å². The van der Waals surface area contributed by atoms with E-state index in [1.54, 1.807) is 11.9 Å². The summed E-state index contributed by atoms with van der Waals surface area (Å²) >= 11 is 0. The molecule has 6 nitrogen and oxygen atoms in total. The second-order valence-corrected chi connectivity index (χ2v) is 4.92. The van der Waals surface area contributed by atoms with Crippen molar-refractivity contribution < 1.29 is 14.7 Å². The highest BCUT2D eigenvalue weighted by atomic mass is 16.5. The molecule has 126 valence electrons. The van der Waals surface area contributed by atoms with Crippen LogP contribution in [0.2, 0.25) is 0 Å². The van der Waals surface area contributed by atoms with Crippen LogP contribution in [0.3, 0.4) is 0 Å². The largest absolute Gasteiger partial charge is 0.466 e. The molecule has 2 aromatic carbocycles. The minimum atomic E-state index is -0.278. The van der Waals surface area contributed by atoms with Crippen molar-refractivity contribution in [2.75, 3.05) is 18.2 Å². The van der Waals surface area contributed by atoms with Gasteiger partial charge in [-0.25, -0.2) is 5.43 Å². The number of hydrogen-bond donors (Lipinski definition) is 2. The van der Waals surface area contributed by atoms with E-state index in [-0.39, 0.29) is 12.4 Å². The molecule has 0 atom stereocenters. The van der Waals surface area contributed by atoms with Crippen molar-refractivity contribution in [3.8, 4) is 0 Å². The number of hydrazine groups is 1. The Hall–Kier alpha value is -2.86. The molecule has 0 aromatic heterocycles. The molecule has 0 heterocycles. The average molecular weight is 327 g/mol. The minimum absolute atomic E-state index is 0.213. The number of carbonyl (C=O) groups is 1. The quantitative estimate of drug-likeness (QED) is 0.269. The summed E-state index contributed by atoms with van der Waals surface area (Å²) in [6.45, 7) is 2.47.